The zero-order valence-electron chi connectivity index (χ0n) is 11.2. The minimum Gasteiger partial charge on any atom is -0.494 e. The fourth-order valence-corrected chi connectivity index (χ4v) is 1.81. The van der Waals surface area contributed by atoms with E-state index in [1.54, 1.807) is 4.90 Å². The van der Waals surface area contributed by atoms with Gasteiger partial charge in [-0.1, -0.05) is 13.0 Å². The molecule has 1 heterocycles. The molecule has 0 bridgehead atoms. The molecule has 100 valence electrons. The summed E-state index contributed by atoms with van der Waals surface area (Å²) in [4.78, 5) is 24.9. The van der Waals surface area contributed by atoms with Gasteiger partial charge in [-0.25, -0.2) is 0 Å². The molecule has 5 nitrogen and oxygen atoms in total. The van der Waals surface area contributed by atoms with Crippen molar-refractivity contribution in [2.75, 3.05) is 20.2 Å². The number of ether oxygens (including phenoxy) is 1. The van der Waals surface area contributed by atoms with Gasteiger partial charge in [0, 0.05) is 13.5 Å². The molecule has 0 spiro atoms. The fourth-order valence-electron chi connectivity index (χ4n) is 1.81. The van der Waals surface area contributed by atoms with Crippen LogP contribution in [0.2, 0.25) is 0 Å². The largest absolute Gasteiger partial charge is 0.494 e. The van der Waals surface area contributed by atoms with Gasteiger partial charge >= 0.3 is 0 Å². The monoisotopic (exact) mass is 252 g/mol. The van der Waals surface area contributed by atoms with E-state index in [9.17, 15) is 9.59 Å². The van der Waals surface area contributed by atoms with Crippen molar-refractivity contribution in [1.29, 1.82) is 0 Å². The highest BCUT2D eigenvalue weighted by Crippen LogP contribution is 2.21. The van der Waals surface area contributed by atoms with E-state index in [0.29, 0.717) is 13.2 Å². The summed E-state index contributed by atoms with van der Waals surface area (Å²) in [7, 11) is 1.52. The van der Waals surface area contributed by atoms with Crippen molar-refractivity contribution < 1.29 is 14.3 Å². The van der Waals surface area contributed by atoms with Crippen LogP contribution < -0.4 is 5.32 Å². The third-order valence-corrected chi connectivity index (χ3v) is 2.70. The predicted molar refractivity (Wildman–Crippen MR) is 68.5 cm³/mol. The van der Waals surface area contributed by atoms with Crippen LogP contribution in [-0.4, -0.2) is 36.9 Å². The topological polar surface area (TPSA) is 58.6 Å². The van der Waals surface area contributed by atoms with Crippen LogP contribution in [0.5, 0.6) is 0 Å². The highest BCUT2D eigenvalue weighted by Gasteiger charge is 2.25. The molecule has 0 saturated heterocycles. The van der Waals surface area contributed by atoms with Gasteiger partial charge in [-0.15, -0.1) is 0 Å². The molecule has 5 heteroatoms. The van der Waals surface area contributed by atoms with Crippen LogP contribution in [0.1, 0.15) is 26.7 Å². The first kappa shape index (κ1) is 14.3. The summed E-state index contributed by atoms with van der Waals surface area (Å²) in [6.45, 7) is 4.82. The Bertz CT molecular complexity index is 386. The van der Waals surface area contributed by atoms with Gasteiger partial charge in [0.15, 0.2) is 0 Å². The number of nitrogens with zero attached hydrogens (tertiary/aromatic N) is 1. The molecule has 0 aromatic rings. The van der Waals surface area contributed by atoms with Crippen molar-refractivity contribution >= 4 is 11.8 Å². The molecular weight excluding hydrogens is 232 g/mol. The summed E-state index contributed by atoms with van der Waals surface area (Å²) in [5.41, 5.74) is 0.764. The Kier molecular flexibility index (Phi) is 5.42. The first-order valence-corrected chi connectivity index (χ1v) is 6.13. The lowest BCUT2D eigenvalue weighted by molar-refractivity contribution is -0.135. The molecule has 0 fully saturated rings. The molecule has 0 saturated carbocycles. The Morgan fingerprint density at radius 3 is 2.78 bits per heavy atom. The van der Waals surface area contributed by atoms with Gasteiger partial charge in [0.25, 0.3) is 0 Å². The van der Waals surface area contributed by atoms with Gasteiger partial charge in [0.05, 0.1) is 12.2 Å². The zero-order valence-corrected chi connectivity index (χ0v) is 11.2. The number of carbonyl (C=O) groups is 2. The van der Waals surface area contributed by atoms with Crippen LogP contribution in [0.25, 0.3) is 0 Å². The maximum atomic E-state index is 12.1. The molecule has 1 aliphatic rings. The lowest BCUT2D eigenvalue weighted by Gasteiger charge is -2.30. The van der Waals surface area contributed by atoms with Crippen molar-refractivity contribution in [2.45, 2.75) is 26.7 Å². The molecule has 0 radical (unpaired) electrons. The van der Waals surface area contributed by atoms with Crippen LogP contribution in [0.15, 0.2) is 23.6 Å². The minimum atomic E-state index is -0.274. The van der Waals surface area contributed by atoms with Gasteiger partial charge in [0.2, 0.25) is 11.8 Å². The molecule has 0 aromatic heterocycles. The third kappa shape index (κ3) is 3.35. The van der Waals surface area contributed by atoms with Crippen molar-refractivity contribution in [3.63, 3.8) is 0 Å². The van der Waals surface area contributed by atoms with E-state index in [0.717, 1.165) is 17.9 Å². The summed E-state index contributed by atoms with van der Waals surface area (Å²) < 4.78 is 5.54. The number of carbonyl (C=O) groups excluding carboxylic acids is 2. The molecule has 0 aromatic carbocycles. The highest BCUT2D eigenvalue weighted by molar-refractivity contribution is 5.97. The standard InChI is InChI=1S/C13H20N2O3/c1-4-6-10-11(5-2)18-8-7-15(10)13(17)9-12(16)14-3/h4,6H,5,7-9H2,1-3H3,(H,14,16)/b6-4-. The molecule has 0 aliphatic carbocycles. The third-order valence-electron chi connectivity index (χ3n) is 2.70. The van der Waals surface area contributed by atoms with E-state index < -0.39 is 0 Å². The second-order valence-corrected chi connectivity index (χ2v) is 3.91. The van der Waals surface area contributed by atoms with Gasteiger partial charge in [0.1, 0.15) is 18.8 Å². The molecule has 1 rings (SSSR count). The predicted octanol–water partition coefficient (Wildman–Crippen LogP) is 1.18. The Morgan fingerprint density at radius 1 is 1.50 bits per heavy atom. The number of allylic oxidation sites excluding steroid dienone is 3. The molecule has 2 amide bonds. The van der Waals surface area contributed by atoms with Crippen LogP contribution >= 0.6 is 0 Å². The Hall–Kier alpha value is -1.78. The summed E-state index contributed by atoms with van der Waals surface area (Å²) in [5, 5.41) is 2.46. The number of rotatable bonds is 4. The average molecular weight is 252 g/mol. The quantitative estimate of drug-likeness (QED) is 0.764. The second kappa shape index (κ2) is 6.83. The zero-order chi connectivity index (χ0) is 13.5. The van der Waals surface area contributed by atoms with Gasteiger partial charge in [-0.05, 0) is 13.0 Å². The summed E-state index contributed by atoms with van der Waals surface area (Å²) in [6, 6.07) is 0. The van der Waals surface area contributed by atoms with Crippen LogP contribution in [0.3, 0.4) is 0 Å². The summed E-state index contributed by atoms with van der Waals surface area (Å²) in [5.74, 6) is 0.325. The lowest BCUT2D eigenvalue weighted by atomic mass is 10.2. The van der Waals surface area contributed by atoms with Crippen LogP contribution in [0.4, 0.5) is 0 Å². The molecule has 18 heavy (non-hydrogen) atoms. The van der Waals surface area contributed by atoms with Crippen molar-refractivity contribution in [3.05, 3.63) is 23.6 Å². The van der Waals surface area contributed by atoms with Crippen molar-refractivity contribution in [2.24, 2.45) is 0 Å². The Morgan fingerprint density at radius 2 is 2.22 bits per heavy atom. The fraction of sp³-hybridized carbons (Fsp3) is 0.538. The first-order valence-electron chi connectivity index (χ1n) is 6.13. The number of hydrogen-bond acceptors (Lipinski definition) is 3. The normalized spacial score (nSPS) is 15.8. The summed E-state index contributed by atoms with van der Waals surface area (Å²) in [6.07, 6.45) is 4.30. The molecule has 0 unspecified atom stereocenters. The van der Waals surface area contributed by atoms with E-state index in [1.165, 1.54) is 7.05 Å². The van der Waals surface area contributed by atoms with Gasteiger partial charge < -0.3 is 15.0 Å². The minimum absolute atomic E-state index is 0.130. The van der Waals surface area contributed by atoms with E-state index in [-0.39, 0.29) is 18.2 Å². The molecule has 0 atom stereocenters. The van der Waals surface area contributed by atoms with E-state index in [4.69, 9.17) is 4.74 Å². The maximum absolute atomic E-state index is 12.1. The van der Waals surface area contributed by atoms with E-state index in [1.807, 2.05) is 26.0 Å². The Balaban J connectivity index is 2.91. The SMILES string of the molecule is C/C=C\C1=C(CC)OCCN1C(=O)CC(=O)NC. The molecule has 1 N–H and O–H groups in total. The second-order valence-electron chi connectivity index (χ2n) is 3.91. The smallest absolute Gasteiger partial charge is 0.236 e. The average Bonchev–Trinajstić information content (AvgIpc) is 2.38. The molecule has 1 aliphatic heterocycles. The number of amides is 2. The van der Waals surface area contributed by atoms with Gasteiger partial charge in [-0.2, -0.15) is 0 Å². The number of hydrogen-bond donors (Lipinski definition) is 1. The Labute approximate surface area is 107 Å². The lowest BCUT2D eigenvalue weighted by Crippen LogP contribution is -2.39. The van der Waals surface area contributed by atoms with E-state index in [2.05, 4.69) is 5.32 Å². The van der Waals surface area contributed by atoms with Crippen LogP contribution in [0, 0.1) is 0 Å². The number of nitrogens with one attached hydrogen (secondary N) is 1. The van der Waals surface area contributed by atoms with E-state index >= 15 is 0 Å². The summed E-state index contributed by atoms with van der Waals surface area (Å²) >= 11 is 0. The van der Waals surface area contributed by atoms with Crippen molar-refractivity contribution in [3.8, 4) is 0 Å². The van der Waals surface area contributed by atoms with Crippen molar-refractivity contribution in [1.82, 2.24) is 10.2 Å². The first-order chi connectivity index (χ1) is 8.63. The highest BCUT2D eigenvalue weighted by atomic mass is 16.5. The van der Waals surface area contributed by atoms with Crippen LogP contribution in [-0.2, 0) is 14.3 Å². The maximum Gasteiger partial charge on any atom is 0.236 e. The van der Waals surface area contributed by atoms with Gasteiger partial charge in [-0.3, -0.25) is 9.59 Å². The molecular formula is C13H20N2O3.